The van der Waals surface area contributed by atoms with E-state index in [1.54, 1.807) is 7.11 Å². The lowest BCUT2D eigenvalue weighted by Gasteiger charge is -2.20. The fourth-order valence-corrected chi connectivity index (χ4v) is 3.12. The number of rotatable bonds is 1. The van der Waals surface area contributed by atoms with Crippen LogP contribution in [0.2, 0.25) is 0 Å². The van der Waals surface area contributed by atoms with Crippen LogP contribution in [0.15, 0.2) is 4.47 Å². The lowest BCUT2D eigenvalue weighted by atomic mass is 9.84. The van der Waals surface area contributed by atoms with Gasteiger partial charge in [-0.15, -0.1) is 0 Å². The normalized spacial score (nSPS) is 20.8. The van der Waals surface area contributed by atoms with Crippen LogP contribution in [0.5, 0.6) is 5.88 Å². The largest absolute Gasteiger partial charge is 0.480 e. The smallest absolute Gasteiger partial charge is 0.227 e. The summed E-state index contributed by atoms with van der Waals surface area (Å²) >= 11 is 3.59. The van der Waals surface area contributed by atoms with E-state index < -0.39 is 0 Å². The summed E-state index contributed by atoms with van der Waals surface area (Å²) < 4.78 is 6.32. The van der Waals surface area contributed by atoms with Gasteiger partial charge in [-0.25, -0.2) is 4.98 Å². The Bertz CT molecular complexity index is 439. The van der Waals surface area contributed by atoms with Gasteiger partial charge >= 0.3 is 0 Å². The Morgan fingerprint density at radius 1 is 1.53 bits per heavy atom. The zero-order valence-electron chi connectivity index (χ0n) is 10.9. The van der Waals surface area contributed by atoms with Crippen LogP contribution in [0.4, 0.5) is 0 Å². The second-order valence-electron chi connectivity index (χ2n) is 4.83. The van der Waals surface area contributed by atoms with E-state index in [0.29, 0.717) is 11.8 Å². The summed E-state index contributed by atoms with van der Waals surface area (Å²) in [4.78, 5) is 7.01. The van der Waals surface area contributed by atoms with Crippen LogP contribution in [0.25, 0.3) is 0 Å². The van der Waals surface area contributed by atoms with Crippen molar-refractivity contribution in [3.05, 3.63) is 15.7 Å². The van der Waals surface area contributed by atoms with Gasteiger partial charge in [-0.3, -0.25) is 0 Å². The van der Waals surface area contributed by atoms with Gasteiger partial charge in [0.15, 0.2) is 0 Å². The summed E-state index contributed by atoms with van der Waals surface area (Å²) in [5.41, 5.74) is 3.86. The fraction of sp³-hybridized carbons (Fsp3) is 0.583. The molecule has 5 heteroatoms. The number of hydrogen-bond acceptors (Lipinski definition) is 3. The van der Waals surface area contributed by atoms with Crippen LogP contribution in [0.1, 0.15) is 24.1 Å². The number of fused-ring (bicyclic) bond motifs is 1. The highest BCUT2D eigenvalue weighted by Gasteiger charge is 2.23. The molecule has 1 unspecified atom stereocenters. The zero-order valence-corrected chi connectivity index (χ0v) is 12.5. The maximum absolute atomic E-state index is 5.32. The van der Waals surface area contributed by atoms with E-state index in [9.17, 15) is 0 Å². The molecule has 0 aliphatic carbocycles. The first-order chi connectivity index (χ1) is 8.04. The number of nitrogens with zero attached hydrogens (tertiary/aromatic N) is 2. The van der Waals surface area contributed by atoms with Crippen molar-refractivity contribution in [1.82, 2.24) is 9.88 Å². The van der Waals surface area contributed by atoms with E-state index in [4.69, 9.17) is 4.74 Å². The molecule has 0 radical (unpaired) electrons. The maximum atomic E-state index is 5.32. The third kappa shape index (κ3) is 2.36. The van der Waals surface area contributed by atoms with Crippen molar-refractivity contribution in [2.24, 2.45) is 0 Å². The molecule has 1 aliphatic heterocycles. The molecule has 1 aliphatic rings. The predicted octanol–water partition coefficient (Wildman–Crippen LogP) is 0.702. The number of halogens is 1. The molecule has 0 saturated heterocycles. The SMILES string of the molecule is Bc1c(Br)c(OC)nc2c1C(C)CN(C)CC2. The van der Waals surface area contributed by atoms with Crippen molar-refractivity contribution in [3.63, 3.8) is 0 Å². The Morgan fingerprint density at radius 2 is 2.24 bits per heavy atom. The van der Waals surface area contributed by atoms with Crippen LogP contribution in [-0.4, -0.2) is 45.0 Å². The molecule has 0 fully saturated rings. The number of likely N-dealkylation sites (N-methyl/N-ethyl adjacent to an activating group) is 1. The lowest BCUT2D eigenvalue weighted by molar-refractivity contribution is 0.331. The van der Waals surface area contributed by atoms with Gasteiger partial charge in [0.2, 0.25) is 5.88 Å². The lowest BCUT2D eigenvalue weighted by Crippen LogP contribution is -2.24. The Kier molecular flexibility index (Phi) is 3.78. The summed E-state index contributed by atoms with van der Waals surface area (Å²) in [5.74, 6) is 1.23. The van der Waals surface area contributed by atoms with Gasteiger partial charge in [-0.05, 0) is 34.5 Å². The van der Waals surface area contributed by atoms with Crippen molar-refractivity contribution < 1.29 is 4.74 Å². The highest BCUT2D eigenvalue weighted by molar-refractivity contribution is 9.10. The first-order valence-corrected chi connectivity index (χ1v) is 6.75. The maximum Gasteiger partial charge on any atom is 0.227 e. The molecule has 1 aromatic heterocycles. The Morgan fingerprint density at radius 3 is 2.88 bits per heavy atom. The highest BCUT2D eigenvalue weighted by Crippen LogP contribution is 2.29. The molecule has 0 amide bonds. The number of hydrogen-bond donors (Lipinski definition) is 0. The van der Waals surface area contributed by atoms with Gasteiger partial charge in [0.05, 0.1) is 11.6 Å². The molecule has 0 bridgehead atoms. The summed E-state index contributed by atoms with van der Waals surface area (Å²) in [6.07, 6.45) is 1.00. The molecule has 2 rings (SSSR count). The molecule has 0 aromatic carbocycles. The highest BCUT2D eigenvalue weighted by atomic mass is 79.9. The van der Waals surface area contributed by atoms with Gasteiger partial charge in [0.25, 0.3) is 0 Å². The monoisotopic (exact) mass is 296 g/mol. The van der Waals surface area contributed by atoms with Crippen LogP contribution in [-0.2, 0) is 6.42 Å². The Labute approximate surface area is 112 Å². The topological polar surface area (TPSA) is 25.4 Å². The van der Waals surface area contributed by atoms with Crippen LogP contribution in [0, 0.1) is 0 Å². The minimum Gasteiger partial charge on any atom is -0.480 e. The Balaban J connectivity index is 2.55. The van der Waals surface area contributed by atoms with E-state index in [0.717, 1.165) is 24.0 Å². The van der Waals surface area contributed by atoms with Crippen molar-refractivity contribution in [2.75, 3.05) is 27.2 Å². The van der Waals surface area contributed by atoms with Gasteiger partial charge in [-0.1, -0.05) is 12.4 Å². The van der Waals surface area contributed by atoms with Gasteiger partial charge in [0.1, 0.15) is 7.85 Å². The fourth-order valence-electron chi connectivity index (χ4n) is 2.65. The quantitative estimate of drug-likeness (QED) is 0.714. The van der Waals surface area contributed by atoms with E-state index in [1.165, 1.54) is 16.7 Å². The first-order valence-electron chi connectivity index (χ1n) is 5.96. The van der Waals surface area contributed by atoms with Gasteiger partial charge in [0, 0.05) is 25.2 Å². The summed E-state index contributed by atoms with van der Waals surface area (Å²) in [6, 6.07) is 0. The van der Waals surface area contributed by atoms with Crippen molar-refractivity contribution in [2.45, 2.75) is 19.3 Å². The minimum atomic E-state index is 0.521. The standard InChI is InChI=1S/C12H18BBrN2O/c1-7-6-16(2)5-4-8-9(7)10(13)11(14)12(15-8)17-3/h7H,4-6,13H2,1-3H3. The van der Waals surface area contributed by atoms with Crippen LogP contribution >= 0.6 is 15.9 Å². The average Bonchev–Trinajstić information content (AvgIpc) is 2.43. The second-order valence-corrected chi connectivity index (χ2v) is 5.63. The summed E-state index contributed by atoms with van der Waals surface area (Å²) in [7, 11) is 5.99. The summed E-state index contributed by atoms with van der Waals surface area (Å²) in [6.45, 7) is 4.43. The molecule has 0 spiro atoms. The molecule has 1 atom stereocenters. The molecule has 1 aromatic rings. The Hall–Kier alpha value is -0.545. The third-order valence-electron chi connectivity index (χ3n) is 3.47. The van der Waals surface area contributed by atoms with E-state index >= 15 is 0 Å². The van der Waals surface area contributed by atoms with Crippen molar-refractivity contribution in [1.29, 1.82) is 0 Å². The van der Waals surface area contributed by atoms with E-state index in [2.05, 4.69) is 47.6 Å². The number of methoxy groups -OCH3 is 1. The van der Waals surface area contributed by atoms with Gasteiger partial charge < -0.3 is 9.64 Å². The number of ether oxygens (including phenoxy) is 1. The van der Waals surface area contributed by atoms with Crippen molar-refractivity contribution in [3.8, 4) is 5.88 Å². The second kappa shape index (κ2) is 4.98. The predicted molar refractivity (Wildman–Crippen MR) is 76.3 cm³/mol. The van der Waals surface area contributed by atoms with Crippen LogP contribution in [0.3, 0.4) is 0 Å². The zero-order chi connectivity index (χ0) is 12.6. The molecule has 0 N–H and O–H groups in total. The average molecular weight is 297 g/mol. The first kappa shape index (κ1) is 12.9. The molecule has 92 valence electrons. The molecule has 2 heterocycles. The van der Waals surface area contributed by atoms with Crippen LogP contribution < -0.4 is 10.2 Å². The van der Waals surface area contributed by atoms with E-state index in [-0.39, 0.29) is 0 Å². The molecule has 17 heavy (non-hydrogen) atoms. The molecular formula is C12H18BBrN2O. The molecule has 3 nitrogen and oxygen atoms in total. The number of aromatic nitrogens is 1. The van der Waals surface area contributed by atoms with Crippen molar-refractivity contribution >= 4 is 29.2 Å². The van der Waals surface area contributed by atoms with E-state index in [1.807, 2.05) is 0 Å². The molecular weight excluding hydrogens is 279 g/mol. The van der Waals surface area contributed by atoms with Gasteiger partial charge in [-0.2, -0.15) is 0 Å². The third-order valence-corrected chi connectivity index (χ3v) is 4.40. The summed E-state index contributed by atoms with van der Waals surface area (Å²) in [5, 5.41) is 0. The molecule has 0 saturated carbocycles. The minimum absolute atomic E-state index is 0.521. The number of pyridine rings is 1.